The molecule has 1 aliphatic heterocycles. The smallest absolute Gasteiger partial charge is 0.309 e. The molecule has 0 saturated carbocycles. The van der Waals surface area contributed by atoms with Crippen LogP contribution in [-0.4, -0.2) is 70.7 Å². The maximum atomic E-state index is 13.2. The lowest BCUT2D eigenvalue weighted by Gasteiger charge is -2.32. The molecule has 1 aromatic heterocycles. The summed E-state index contributed by atoms with van der Waals surface area (Å²) in [6, 6.07) is 5.81. The number of halogens is 1. The summed E-state index contributed by atoms with van der Waals surface area (Å²) in [5.41, 5.74) is 1.62. The first-order chi connectivity index (χ1) is 14.8. The average Bonchev–Trinajstić information content (AvgIpc) is 3.15. The number of hydrogen-bond donors (Lipinski definition) is 0. The number of amides is 2. The van der Waals surface area contributed by atoms with Gasteiger partial charge in [-0.15, -0.1) is 0 Å². The summed E-state index contributed by atoms with van der Waals surface area (Å²) in [4.78, 5) is 40.4. The summed E-state index contributed by atoms with van der Waals surface area (Å²) in [5, 5.41) is 4.24. The largest absolute Gasteiger partial charge is 0.466 e. The Bertz CT molecular complexity index is 949. The van der Waals surface area contributed by atoms with E-state index in [-0.39, 0.29) is 36.1 Å². The quantitative estimate of drug-likeness (QED) is 0.656. The van der Waals surface area contributed by atoms with Crippen molar-refractivity contribution < 1.29 is 23.5 Å². The van der Waals surface area contributed by atoms with E-state index in [1.165, 1.54) is 23.2 Å². The highest BCUT2D eigenvalue weighted by Crippen LogP contribution is 2.20. The summed E-state index contributed by atoms with van der Waals surface area (Å²) in [5.74, 6) is -1.23. The van der Waals surface area contributed by atoms with Crippen molar-refractivity contribution in [3.63, 3.8) is 0 Å². The molecule has 0 atom stereocenters. The Balaban J connectivity index is 1.59. The molecule has 166 valence electrons. The van der Waals surface area contributed by atoms with Crippen molar-refractivity contribution in [3.05, 3.63) is 47.5 Å². The lowest BCUT2D eigenvalue weighted by Crippen LogP contribution is -2.45. The Morgan fingerprint density at radius 2 is 1.84 bits per heavy atom. The van der Waals surface area contributed by atoms with Gasteiger partial charge in [0.15, 0.2) is 0 Å². The fourth-order valence-electron chi connectivity index (χ4n) is 3.67. The van der Waals surface area contributed by atoms with Gasteiger partial charge in [-0.3, -0.25) is 14.4 Å². The third-order valence-electron chi connectivity index (χ3n) is 5.50. The zero-order chi connectivity index (χ0) is 22.5. The van der Waals surface area contributed by atoms with Crippen LogP contribution >= 0.6 is 0 Å². The number of rotatable bonds is 6. The van der Waals surface area contributed by atoms with Gasteiger partial charge in [-0.2, -0.15) is 5.10 Å². The highest BCUT2D eigenvalue weighted by molar-refractivity contribution is 5.97. The predicted molar refractivity (Wildman–Crippen MR) is 111 cm³/mol. The molecule has 31 heavy (non-hydrogen) atoms. The van der Waals surface area contributed by atoms with Crippen molar-refractivity contribution in [2.75, 3.05) is 33.3 Å². The number of carbonyl (C=O) groups is 3. The lowest BCUT2D eigenvalue weighted by atomic mass is 9.97. The van der Waals surface area contributed by atoms with E-state index in [0.717, 1.165) is 0 Å². The zero-order valence-corrected chi connectivity index (χ0v) is 18.0. The average molecular weight is 430 g/mol. The number of hydrogen-bond acceptors (Lipinski definition) is 5. The number of likely N-dealkylation sites (N-methyl/N-ethyl adjacent to an activating group) is 1. The minimum Gasteiger partial charge on any atom is -0.466 e. The molecule has 1 saturated heterocycles. The molecule has 2 heterocycles. The second-order valence-corrected chi connectivity index (χ2v) is 7.60. The van der Waals surface area contributed by atoms with Crippen molar-refractivity contribution in [1.82, 2.24) is 19.6 Å². The Morgan fingerprint density at radius 3 is 2.45 bits per heavy atom. The molecule has 8 nitrogen and oxygen atoms in total. The van der Waals surface area contributed by atoms with Gasteiger partial charge >= 0.3 is 5.97 Å². The topological polar surface area (TPSA) is 84.7 Å². The maximum Gasteiger partial charge on any atom is 0.309 e. The fraction of sp³-hybridized carbons (Fsp3) is 0.455. The molecule has 0 radical (unpaired) electrons. The third-order valence-corrected chi connectivity index (χ3v) is 5.50. The molecular formula is C22H27FN4O4. The summed E-state index contributed by atoms with van der Waals surface area (Å²) in [7, 11) is 1.57. The SMILES string of the molecule is CCOC(=O)C1CCN(C(=O)CN(C)C(=O)c2cnn(-c3ccc(F)cc3)c2C)CC1. The number of likely N-dealkylation sites (tertiary alicyclic amines) is 1. The van der Waals surface area contributed by atoms with E-state index in [1.807, 2.05) is 0 Å². The molecule has 0 N–H and O–H groups in total. The van der Waals surface area contributed by atoms with Crippen LogP contribution in [0.1, 0.15) is 35.8 Å². The maximum absolute atomic E-state index is 13.2. The van der Waals surface area contributed by atoms with Crippen LogP contribution in [0.2, 0.25) is 0 Å². The number of nitrogens with zero attached hydrogens (tertiary/aromatic N) is 4. The number of aromatic nitrogens is 2. The number of ether oxygens (including phenoxy) is 1. The minimum atomic E-state index is -0.352. The van der Waals surface area contributed by atoms with E-state index in [4.69, 9.17) is 4.74 Å². The molecule has 2 amide bonds. The van der Waals surface area contributed by atoms with E-state index in [1.54, 1.807) is 42.6 Å². The number of carbonyl (C=O) groups excluding carboxylic acids is 3. The summed E-state index contributed by atoms with van der Waals surface area (Å²) < 4.78 is 19.8. The fourth-order valence-corrected chi connectivity index (χ4v) is 3.67. The number of benzene rings is 1. The molecule has 0 bridgehead atoms. The molecule has 0 aliphatic carbocycles. The third kappa shape index (κ3) is 5.10. The van der Waals surface area contributed by atoms with Gasteiger partial charge in [0.25, 0.3) is 5.91 Å². The summed E-state index contributed by atoms with van der Waals surface area (Å²) in [6.45, 7) is 4.73. The van der Waals surface area contributed by atoms with Gasteiger partial charge in [-0.1, -0.05) is 0 Å². The van der Waals surface area contributed by atoms with E-state index in [9.17, 15) is 18.8 Å². The van der Waals surface area contributed by atoms with Crippen LogP contribution in [0.3, 0.4) is 0 Å². The Hall–Kier alpha value is -3.23. The van der Waals surface area contributed by atoms with Gasteiger partial charge in [-0.05, 0) is 51.0 Å². The van der Waals surface area contributed by atoms with Crippen LogP contribution in [0.25, 0.3) is 5.69 Å². The molecule has 3 rings (SSSR count). The van der Waals surface area contributed by atoms with Crippen LogP contribution in [0, 0.1) is 18.7 Å². The monoisotopic (exact) mass is 430 g/mol. The first kappa shape index (κ1) is 22.5. The minimum absolute atomic E-state index is 0.0654. The lowest BCUT2D eigenvalue weighted by molar-refractivity contribution is -0.151. The van der Waals surface area contributed by atoms with Crippen LogP contribution in [0.4, 0.5) is 4.39 Å². The first-order valence-corrected chi connectivity index (χ1v) is 10.3. The molecular weight excluding hydrogens is 403 g/mol. The number of piperidine rings is 1. The van der Waals surface area contributed by atoms with Gasteiger partial charge in [0, 0.05) is 20.1 Å². The Labute approximate surface area is 180 Å². The second-order valence-electron chi connectivity index (χ2n) is 7.60. The van der Waals surface area contributed by atoms with Gasteiger partial charge in [0.2, 0.25) is 5.91 Å². The Kier molecular flexibility index (Phi) is 7.04. The van der Waals surface area contributed by atoms with Crippen molar-refractivity contribution in [3.8, 4) is 5.69 Å². The summed E-state index contributed by atoms with van der Waals surface area (Å²) >= 11 is 0. The van der Waals surface area contributed by atoms with E-state index in [0.29, 0.717) is 49.5 Å². The van der Waals surface area contributed by atoms with Gasteiger partial charge in [-0.25, -0.2) is 9.07 Å². The summed E-state index contributed by atoms with van der Waals surface area (Å²) in [6.07, 6.45) is 2.57. The predicted octanol–water partition coefficient (Wildman–Crippen LogP) is 2.19. The molecule has 9 heteroatoms. The Morgan fingerprint density at radius 1 is 1.19 bits per heavy atom. The first-order valence-electron chi connectivity index (χ1n) is 10.3. The van der Waals surface area contributed by atoms with Gasteiger partial charge in [0.1, 0.15) is 5.82 Å². The van der Waals surface area contributed by atoms with Crippen LogP contribution < -0.4 is 0 Å². The van der Waals surface area contributed by atoms with E-state index >= 15 is 0 Å². The van der Waals surface area contributed by atoms with Crippen molar-refractivity contribution in [1.29, 1.82) is 0 Å². The van der Waals surface area contributed by atoms with Crippen LogP contribution in [0.5, 0.6) is 0 Å². The number of esters is 1. The van der Waals surface area contributed by atoms with Crippen LogP contribution in [-0.2, 0) is 14.3 Å². The van der Waals surface area contributed by atoms with Crippen molar-refractivity contribution >= 4 is 17.8 Å². The molecule has 0 unspecified atom stereocenters. The van der Waals surface area contributed by atoms with Crippen molar-refractivity contribution in [2.24, 2.45) is 5.92 Å². The molecule has 2 aromatic rings. The van der Waals surface area contributed by atoms with E-state index in [2.05, 4.69) is 5.10 Å². The van der Waals surface area contributed by atoms with Gasteiger partial charge < -0.3 is 14.5 Å². The van der Waals surface area contributed by atoms with Gasteiger partial charge in [0.05, 0.1) is 42.2 Å². The van der Waals surface area contributed by atoms with E-state index < -0.39 is 0 Å². The second kappa shape index (κ2) is 9.72. The normalized spacial score (nSPS) is 14.4. The highest BCUT2D eigenvalue weighted by atomic mass is 19.1. The van der Waals surface area contributed by atoms with Crippen molar-refractivity contribution in [2.45, 2.75) is 26.7 Å². The molecule has 1 aromatic carbocycles. The molecule has 0 spiro atoms. The zero-order valence-electron chi connectivity index (χ0n) is 18.0. The van der Waals surface area contributed by atoms with Crippen LogP contribution in [0.15, 0.2) is 30.5 Å². The molecule has 1 fully saturated rings. The highest BCUT2D eigenvalue weighted by Gasteiger charge is 2.29. The molecule has 1 aliphatic rings. The standard InChI is InChI=1S/C22H27FN4O4/c1-4-31-22(30)16-9-11-26(12-10-16)20(28)14-25(3)21(29)19-13-24-27(15(19)2)18-7-5-17(23)6-8-18/h5-8,13,16H,4,9-12,14H2,1-3H3.